The summed E-state index contributed by atoms with van der Waals surface area (Å²) in [5, 5.41) is 25.4. The Morgan fingerprint density at radius 1 is 0.963 bits per heavy atom. The Balaban J connectivity index is 4.79. The number of nitrogens with one attached hydrogen (secondary N) is 3. The predicted octanol–water partition coefficient (Wildman–Crippen LogP) is -3.60. The summed E-state index contributed by atoms with van der Waals surface area (Å²) in [7, 11) is 0. The van der Waals surface area contributed by atoms with E-state index < -0.39 is 72.7 Å². The maximum Gasteiger partial charge on any atom is 0.326 e. The molecule has 0 aromatic heterocycles. The molecule has 4 atom stereocenters. The molecule has 0 aliphatic heterocycles. The standard InChI is InChI=1S/C15H27N5O7/c1-6(2)11(15(26)27)20-14(25)12(7(3)21)19-10(23)5-18-13(24)8(16)4-9(17)22/h6-8,11-12,21H,4-5,16H2,1-3H3,(H2,17,22)(H,18,24)(H,19,23)(H,20,25)(H,26,27). The van der Waals surface area contributed by atoms with Gasteiger partial charge in [0, 0.05) is 0 Å². The van der Waals surface area contributed by atoms with Gasteiger partial charge in [0.05, 0.1) is 25.1 Å². The van der Waals surface area contributed by atoms with Gasteiger partial charge in [-0.05, 0) is 12.8 Å². The van der Waals surface area contributed by atoms with Crippen molar-refractivity contribution in [1.82, 2.24) is 16.0 Å². The molecule has 0 saturated heterocycles. The van der Waals surface area contributed by atoms with Gasteiger partial charge in [0.2, 0.25) is 23.6 Å². The molecule has 154 valence electrons. The lowest BCUT2D eigenvalue weighted by Crippen LogP contribution is -2.58. The number of carboxylic acids is 1. The Morgan fingerprint density at radius 3 is 1.93 bits per heavy atom. The Morgan fingerprint density at radius 2 is 1.52 bits per heavy atom. The van der Waals surface area contributed by atoms with Gasteiger partial charge in [-0.15, -0.1) is 0 Å². The van der Waals surface area contributed by atoms with Gasteiger partial charge in [0.15, 0.2) is 0 Å². The second-order valence-electron chi connectivity index (χ2n) is 6.35. The zero-order chi connectivity index (χ0) is 21.3. The number of nitrogens with two attached hydrogens (primary N) is 2. The van der Waals surface area contributed by atoms with Crippen LogP contribution in [0, 0.1) is 5.92 Å². The molecule has 4 amide bonds. The first-order chi connectivity index (χ1) is 12.4. The maximum atomic E-state index is 12.2. The first-order valence-electron chi connectivity index (χ1n) is 8.19. The molecule has 12 heteroatoms. The first kappa shape index (κ1) is 24.3. The molecule has 0 fully saturated rings. The Labute approximate surface area is 156 Å². The van der Waals surface area contributed by atoms with Gasteiger partial charge in [0.1, 0.15) is 12.1 Å². The highest BCUT2D eigenvalue weighted by Gasteiger charge is 2.31. The second kappa shape index (κ2) is 11.1. The molecule has 0 aromatic rings. The van der Waals surface area contributed by atoms with Crippen molar-refractivity contribution >= 4 is 29.6 Å². The summed E-state index contributed by atoms with van der Waals surface area (Å²) in [4.78, 5) is 57.6. The van der Waals surface area contributed by atoms with Crippen LogP contribution >= 0.6 is 0 Å². The lowest BCUT2D eigenvalue weighted by Gasteiger charge is -2.25. The predicted molar refractivity (Wildman–Crippen MR) is 92.8 cm³/mol. The SMILES string of the molecule is CC(C)C(NC(=O)C(NC(=O)CNC(=O)C(N)CC(N)=O)C(C)O)C(=O)O. The third kappa shape index (κ3) is 8.96. The summed E-state index contributed by atoms with van der Waals surface area (Å²) in [6.45, 7) is 3.82. The van der Waals surface area contributed by atoms with Crippen LogP contribution in [0.5, 0.6) is 0 Å². The lowest BCUT2D eigenvalue weighted by molar-refractivity contribution is -0.144. The first-order valence-corrected chi connectivity index (χ1v) is 8.19. The Kier molecular flexibility index (Phi) is 9.96. The highest BCUT2D eigenvalue weighted by Crippen LogP contribution is 2.03. The topological polar surface area (TPSA) is 214 Å². The highest BCUT2D eigenvalue weighted by molar-refractivity contribution is 5.93. The van der Waals surface area contributed by atoms with Crippen LogP contribution in [0.25, 0.3) is 0 Å². The van der Waals surface area contributed by atoms with E-state index >= 15 is 0 Å². The van der Waals surface area contributed by atoms with Crippen LogP contribution in [0.1, 0.15) is 27.2 Å². The molecule has 0 aliphatic carbocycles. The van der Waals surface area contributed by atoms with Crippen molar-refractivity contribution in [1.29, 1.82) is 0 Å². The lowest BCUT2D eigenvalue weighted by atomic mass is 10.0. The number of aliphatic hydroxyl groups is 1. The zero-order valence-corrected chi connectivity index (χ0v) is 15.4. The van der Waals surface area contributed by atoms with E-state index in [2.05, 4.69) is 16.0 Å². The van der Waals surface area contributed by atoms with Gasteiger partial charge >= 0.3 is 5.97 Å². The summed E-state index contributed by atoms with van der Waals surface area (Å²) >= 11 is 0. The Bertz CT molecular complexity index is 579. The molecular formula is C15H27N5O7. The molecule has 0 saturated carbocycles. The van der Waals surface area contributed by atoms with E-state index in [0.29, 0.717) is 0 Å². The number of aliphatic hydroxyl groups excluding tert-OH is 1. The van der Waals surface area contributed by atoms with Crippen molar-refractivity contribution in [3.05, 3.63) is 0 Å². The van der Waals surface area contributed by atoms with E-state index in [1.54, 1.807) is 13.8 Å². The average Bonchev–Trinajstić information content (AvgIpc) is 2.53. The minimum absolute atomic E-state index is 0.405. The monoisotopic (exact) mass is 389 g/mol. The van der Waals surface area contributed by atoms with Crippen LogP contribution in [0.3, 0.4) is 0 Å². The third-order valence-electron chi connectivity index (χ3n) is 3.49. The number of rotatable bonds is 11. The van der Waals surface area contributed by atoms with E-state index in [1.807, 2.05) is 0 Å². The largest absolute Gasteiger partial charge is 0.480 e. The molecule has 0 spiro atoms. The number of hydrogen-bond acceptors (Lipinski definition) is 7. The van der Waals surface area contributed by atoms with Crippen LogP contribution in [-0.4, -0.2) is 70.6 Å². The van der Waals surface area contributed by atoms with Crippen LogP contribution in [-0.2, 0) is 24.0 Å². The fourth-order valence-electron chi connectivity index (χ4n) is 1.99. The highest BCUT2D eigenvalue weighted by atomic mass is 16.4. The maximum absolute atomic E-state index is 12.2. The number of amides is 4. The second-order valence-corrected chi connectivity index (χ2v) is 6.35. The number of aliphatic carboxylic acids is 1. The van der Waals surface area contributed by atoms with Crippen molar-refractivity contribution in [3.63, 3.8) is 0 Å². The smallest absolute Gasteiger partial charge is 0.326 e. The molecular weight excluding hydrogens is 362 g/mol. The molecule has 0 rings (SSSR count). The van der Waals surface area contributed by atoms with Gasteiger partial charge in [-0.25, -0.2) is 4.79 Å². The van der Waals surface area contributed by atoms with Crippen molar-refractivity contribution in [2.45, 2.75) is 51.4 Å². The van der Waals surface area contributed by atoms with Gasteiger partial charge in [-0.1, -0.05) is 13.8 Å². The minimum Gasteiger partial charge on any atom is -0.480 e. The normalized spacial score (nSPS) is 15.2. The van der Waals surface area contributed by atoms with Crippen LogP contribution < -0.4 is 27.4 Å². The molecule has 0 aliphatic rings. The number of carbonyl (C=O) groups is 5. The average molecular weight is 389 g/mol. The molecule has 0 radical (unpaired) electrons. The fourth-order valence-corrected chi connectivity index (χ4v) is 1.99. The molecule has 0 heterocycles. The van der Waals surface area contributed by atoms with Crippen molar-refractivity contribution in [3.8, 4) is 0 Å². The molecule has 4 unspecified atom stereocenters. The molecule has 9 N–H and O–H groups in total. The van der Waals surface area contributed by atoms with Crippen LogP contribution in [0.2, 0.25) is 0 Å². The van der Waals surface area contributed by atoms with Gasteiger partial charge < -0.3 is 37.6 Å². The van der Waals surface area contributed by atoms with Crippen molar-refractivity contribution in [2.24, 2.45) is 17.4 Å². The van der Waals surface area contributed by atoms with E-state index in [-0.39, 0.29) is 0 Å². The zero-order valence-electron chi connectivity index (χ0n) is 15.4. The Hall–Kier alpha value is -2.73. The van der Waals surface area contributed by atoms with E-state index in [9.17, 15) is 29.1 Å². The number of hydrogen-bond donors (Lipinski definition) is 7. The summed E-state index contributed by atoms with van der Waals surface area (Å²) in [5.74, 6) is -4.99. The summed E-state index contributed by atoms with van der Waals surface area (Å²) in [6, 6.07) is -3.87. The third-order valence-corrected chi connectivity index (χ3v) is 3.49. The van der Waals surface area contributed by atoms with Crippen LogP contribution in [0.4, 0.5) is 0 Å². The molecule has 27 heavy (non-hydrogen) atoms. The van der Waals surface area contributed by atoms with Crippen molar-refractivity contribution < 1.29 is 34.2 Å². The van der Waals surface area contributed by atoms with Gasteiger partial charge in [0.25, 0.3) is 0 Å². The van der Waals surface area contributed by atoms with E-state index in [0.717, 1.165) is 0 Å². The summed E-state index contributed by atoms with van der Waals surface area (Å²) in [6.07, 6.45) is -1.74. The molecule has 12 nitrogen and oxygen atoms in total. The number of primary amides is 1. The van der Waals surface area contributed by atoms with Crippen LogP contribution in [0.15, 0.2) is 0 Å². The quantitative estimate of drug-likeness (QED) is 0.187. The fraction of sp³-hybridized carbons (Fsp3) is 0.667. The summed E-state index contributed by atoms with van der Waals surface area (Å²) < 4.78 is 0. The number of carbonyl (C=O) groups excluding carboxylic acids is 4. The summed E-state index contributed by atoms with van der Waals surface area (Å²) in [5.41, 5.74) is 10.3. The van der Waals surface area contributed by atoms with E-state index in [1.165, 1.54) is 6.92 Å². The van der Waals surface area contributed by atoms with Gasteiger partial charge in [-0.2, -0.15) is 0 Å². The number of carboxylic acid groups (broad SMARTS) is 1. The molecule has 0 aromatic carbocycles. The van der Waals surface area contributed by atoms with Crippen molar-refractivity contribution in [2.75, 3.05) is 6.54 Å². The minimum atomic E-state index is -1.44. The van der Waals surface area contributed by atoms with E-state index in [4.69, 9.17) is 16.6 Å². The van der Waals surface area contributed by atoms with Gasteiger partial charge in [-0.3, -0.25) is 19.2 Å². The molecule has 0 bridgehead atoms.